The minimum atomic E-state index is -3.65. The van der Waals surface area contributed by atoms with E-state index in [0.29, 0.717) is 27.5 Å². The molecule has 1 saturated heterocycles. The van der Waals surface area contributed by atoms with Crippen molar-refractivity contribution in [2.45, 2.75) is 13.3 Å². The highest BCUT2D eigenvalue weighted by Gasteiger charge is 2.35. The zero-order valence-electron chi connectivity index (χ0n) is 11.7. The minimum absolute atomic E-state index is 0.127. The van der Waals surface area contributed by atoms with Gasteiger partial charge in [-0.25, -0.2) is 8.42 Å². The Morgan fingerprint density at radius 2 is 2.14 bits per heavy atom. The number of hydrogen-bond acceptors (Lipinski definition) is 4. The van der Waals surface area contributed by atoms with Crippen LogP contribution in [0.2, 0.25) is 5.02 Å². The van der Waals surface area contributed by atoms with Gasteiger partial charge in [-0.05, 0) is 35.0 Å². The topological polar surface area (TPSA) is 63.7 Å². The third kappa shape index (κ3) is 4.28. The third-order valence-electron chi connectivity index (χ3n) is 3.21. The van der Waals surface area contributed by atoms with Crippen LogP contribution in [0, 0.1) is 5.92 Å². The number of anilines is 1. The Balaban J connectivity index is 2.34. The van der Waals surface area contributed by atoms with E-state index < -0.39 is 9.05 Å². The molecule has 1 atom stereocenters. The Morgan fingerprint density at radius 3 is 2.73 bits per heavy atom. The van der Waals surface area contributed by atoms with E-state index in [0.717, 1.165) is 0 Å². The van der Waals surface area contributed by atoms with Crippen molar-refractivity contribution in [1.82, 2.24) is 0 Å². The van der Waals surface area contributed by atoms with Gasteiger partial charge in [-0.3, -0.25) is 4.79 Å². The van der Waals surface area contributed by atoms with E-state index in [1.165, 1.54) is 4.90 Å². The van der Waals surface area contributed by atoms with Gasteiger partial charge in [0.25, 0.3) is 0 Å². The van der Waals surface area contributed by atoms with Gasteiger partial charge in [-0.1, -0.05) is 11.6 Å². The first-order valence-electron chi connectivity index (χ1n) is 6.55. The monoisotopic (exact) mass is 429 g/mol. The summed E-state index contributed by atoms with van der Waals surface area (Å²) in [7, 11) is 1.63. The second-order valence-electron chi connectivity index (χ2n) is 4.95. The van der Waals surface area contributed by atoms with E-state index in [1.807, 2.05) is 6.92 Å². The molecule has 0 radical (unpaired) electrons. The predicted octanol–water partition coefficient (Wildman–Crippen LogP) is 3.42. The molecule has 122 valence electrons. The lowest BCUT2D eigenvalue weighted by Crippen LogP contribution is -2.26. The van der Waals surface area contributed by atoms with E-state index in [4.69, 9.17) is 27.0 Å². The van der Waals surface area contributed by atoms with Gasteiger partial charge < -0.3 is 9.64 Å². The molecule has 1 amide bonds. The van der Waals surface area contributed by atoms with Gasteiger partial charge >= 0.3 is 0 Å². The molecule has 0 aromatic heterocycles. The lowest BCUT2D eigenvalue weighted by molar-refractivity contribution is -0.117. The van der Waals surface area contributed by atoms with Crippen molar-refractivity contribution < 1.29 is 17.9 Å². The van der Waals surface area contributed by atoms with Gasteiger partial charge in [0.05, 0.1) is 22.5 Å². The zero-order chi connectivity index (χ0) is 16.5. The minimum Gasteiger partial charge on any atom is -0.490 e. The predicted molar refractivity (Wildman–Crippen MR) is 90.4 cm³/mol. The van der Waals surface area contributed by atoms with Crippen LogP contribution in [-0.2, 0) is 13.8 Å². The average Bonchev–Trinajstić information content (AvgIpc) is 2.70. The molecule has 0 N–H and O–H groups in total. The summed E-state index contributed by atoms with van der Waals surface area (Å²) in [6.07, 6.45) is 0.127. The molecule has 9 heteroatoms. The van der Waals surface area contributed by atoms with Crippen LogP contribution in [0.4, 0.5) is 5.69 Å². The summed E-state index contributed by atoms with van der Waals surface area (Å²) in [4.78, 5) is 13.7. The Hall–Kier alpha value is -0.500. The van der Waals surface area contributed by atoms with Crippen molar-refractivity contribution in [3.8, 4) is 5.75 Å². The Morgan fingerprint density at radius 1 is 1.45 bits per heavy atom. The number of carbonyl (C=O) groups is 1. The van der Waals surface area contributed by atoms with Crippen LogP contribution in [0.5, 0.6) is 5.75 Å². The fourth-order valence-corrected chi connectivity index (χ4v) is 4.67. The molecular weight excluding hydrogens is 417 g/mol. The molecule has 5 nitrogen and oxygen atoms in total. The first-order valence-corrected chi connectivity index (χ1v) is 10.2. The number of halogens is 3. The Bertz CT molecular complexity index is 696. The van der Waals surface area contributed by atoms with Crippen LogP contribution in [0.3, 0.4) is 0 Å². The van der Waals surface area contributed by atoms with Gasteiger partial charge in [0, 0.05) is 34.6 Å². The molecule has 1 aromatic rings. The van der Waals surface area contributed by atoms with Crippen molar-refractivity contribution >= 4 is 58.9 Å². The molecule has 0 aliphatic carbocycles. The lowest BCUT2D eigenvalue weighted by atomic mass is 10.1. The van der Waals surface area contributed by atoms with E-state index in [1.54, 1.807) is 12.1 Å². The summed E-state index contributed by atoms with van der Waals surface area (Å²) >= 11 is 9.42. The largest absolute Gasteiger partial charge is 0.490 e. The highest BCUT2D eigenvalue weighted by molar-refractivity contribution is 9.10. The van der Waals surface area contributed by atoms with Crippen molar-refractivity contribution in [2.75, 3.05) is 23.8 Å². The van der Waals surface area contributed by atoms with Gasteiger partial charge in [-0.2, -0.15) is 0 Å². The number of ether oxygens (including phenoxy) is 1. The number of rotatable bonds is 5. The maximum atomic E-state index is 12.2. The number of hydrogen-bond donors (Lipinski definition) is 0. The average molecular weight is 431 g/mol. The van der Waals surface area contributed by atoms with E-state index in [-0.39, 0.29) is 30.5 Å². The smallest absolute Gasteiger partial charge is 0.232 e. The summed E-state index contributed by atoms with van der Waals surface area (Å²) < 4.78 is 28.6. The fraction of sp³-hybridized carbons (Fsp3) is 0.462. The first-order chi connectivity index (χ1) is 10.2. The molecule has 1 aliphatic rings. The summed E-state index contributed by atoms with van der Waals surface area (Å²) in [5.74, 6) is -0.250. The lowest BCUT2D eigenvalue weighted by Gasteiger charge is -2.21. The molecule has 0 bridgehead atoms. The third-order valence-corrected chi connectivity index (χ3v) is 5.26. The number of carbonyl (C=O) groups excluding carboxylic acids is 1. The van der Waals surface area contributed by atoms with Crippen molar-refractivity contribution in [3.05, 3.63) is 21.6 Å². The maximum Gasteiger partial charge on any atom is 0.232 e. The summed E-state index contributed by atoms with van der Waals surface area (Å²) in [6.45, 7) is 2.52. The highest BCUT2D eigenvalue weighted by atomic mass is 79.9. The highest BCUT2D eigenvalue weighted by Crippen LogP contribution is 2.41. The van der Waals surface area contributed by atoms with Crippen LogP contribution >= 0.6 is 38.2 Å². The second kappa shape index (κ2) is 6.95. The summed E-state index contributed by atoms with van der Waals surface area (Å²) in [5.41, 5.74) is 0.528. The van der Waals surface area contributed by atoms with Crippen LogP contribution in [0.25, 0.3) is 0 Å². The normalized spacial score (nSPS) is 18.8. The van der Waals surface area contributed by atoms with Crippen LogP contribution < -0.4 is 9.64 Å². The van der Waals surface area contributed by atoms with Gasteiger partial charge in [0.15, 0.2) is 5.75 Å². The molecule has 1 unspecified atom stereocenters. The van der Waals surface area contributed by atoms with Crippen molar-refractivity contribution in [1.29, 1.82) is 0 Å². The summed E-state index contributed by atoms with van der Waals surface area (Å²) in [6, 6.07) is 3.31. The van der Waals surface area contributed by atoms with Gasteiger partial charge in [0.2, 0.25) is 15.0 Å². The quantitative estimate of drug-likeness (QED) is 0.671. The summed E-state index contributed by atoms with van der Waals surface area (Å²) in [5, 5.41) is 0.451. The molecular formula is C13H14BrCl2NO4S. The number of nitrogens with zero attached hydrogens (tertiary/aromatic N) is 1. The van der Waals surface area contributed by atoms with Crippen LogP contribution in [0.15, 0.2) is 16.6 Å². The molecule has 0 spiro atoms. The van der Waals surface area contributed by atoms with E-state index in [9.17, 15) is 13.2 Å². The molecule has 1 aromatic carbocycles. The number of amides is 1. The molecule has 22 heavy (non-hydrogen) atoms. The Labute approximate surface area is 147 Å². The fourth-order valence-electron chi connectivity index (χ4n) is 2.44. The zero-order valence-corrected chi connectivity index (χ0v) is 15.6. The van der Waals surface area contributed by atoms with E-state index in [2.05, 4.69) is 15.9 Å². The molecule has 2 rings (SSSR count). The van der Waals surface area contributed by atoms with Crippen LogP contribution in [-0.4, -0.2) is 33.2 Å². The van der Waals surface area contributed by atoms with Gasteiger partial charge in [0.1, 0.15) is 0 Å². The number of benzene rings is 1. The standard InChI is InChI=1S/C13H14BrCl2NO4S/c1-2-21-13-10(14)4-9(15)5-11(13)17-6-8(3-12(17)18)7-22(16,19)20/h4-5,8H,2-3,6-7H2,1H3. The van der Waals surface area contributed by atoms with Crippen molar-refractivity contribution in [3.63, 3.8) is 0 Å². The molecule has 1 heterocycles. The van der Waals surface area contributed by atoms with E-state index >= 15 is 0 Å². The SMILES string of the molecule is CCOc1c(Br)cc(Cl)cc1N1CC(CS(=O)(=O)Cl)CC1=O. The second-order valence-corrected chi connectivity index (χ2v) is 9.06. The molecule has 1 fully saturated rings. The molecule has 1 aliphatic heterocycles. The van der Waals surface area contributed by atoms with Crippen LogP contribution in [0.1, 0.15) is 13.3 Å². The van der Waals surface area contributed by atoms with Crippen molar-refractivity contribution in [2.24, 2.45) is 5.92 Å². The molecule has 0 saturated carbocycles. The Kier molecular flexibility index (Phi) is 5.63. The maximum absolute atomic E-state index is 12.2. The van der Waals surface area contributed by atoms with Gasteiger partial charge in [-0.15, -0.1) is 0 Å². The first kappa shape index (κ1) is 17.8.